The summed E-state index contributed by atoms with van der Waals surface area (Å²) in [6.07, 6.45) is 2.99. The molecule has 4 rings (SSSR count). The standard InChI is InChI=1S/C20H24N4O4S/c1-22-13-18(14-4-3-5-15(21)10-14)19-17(20(22)25)11-16(28-19)12-23-6-8-24(9-7-23)29(2,26)27/h3-5,10-11,13H,6-9,12,21H2,1-2H3. The molecule has 154 valence electrons. The van der Waals surface area contributed by atoms with Crippen LogP contribution in [0.2, 0.25) is 0 Å². The van der Waals surface area contributed by atoms with E-state index in [1.165, 1.54) is 10.6 Å². The Labute approximate surface area is 169 Å². The number of fused-ring (bicyclic) bond motifs is 1. The summed E-state index contributed by atoms with van der Waals surface area (Å²) in [4.78, 5) is 14.8. The van der Waals surface area contributed by atoms with Gasteiger partial charge in [0.05, 0.1) is 18.2 Å². The van der Waals surface area contributed by atoms with Crippen LogP contribution in [0.25, 0.3) is 22.1 Å². The molecule has 1 saturated heterocycles. The smallest absolute Gasteiger partial charge is 0.261 e. The number of nitrogens with zero attached hydrogens (tertiary/aromatic N) is 3. The van der Waals surface area contributed by atoms with Gasteiger partial charge in [0, 0.05) is 50.7 Å². The fraction of sp³-hybridized carbons (Fsp3) is 0.350. The summed E-state index contributed by atoms with van der Waals surface area (Å²) in [5.74, 6) is 0.682. The number of hydrogen-bond acceptors (Lipinski definition) is 6. The van der Waals surface area contributed by atoms with Crippen LogP contribution < -0.4 is 11.3 Å². The third kappa shape index (κ3) is 3.93. The molecule has 1 aromatic carbocycles. The van der Waals surface area contributed by atoms with Crippen LogP contribution in [0.5, 0.6) is 0 Å². The van der Waals surface area contributed by atoms with Crippen molar-refractivity contribution in [3.05, 3.63) is 52.6 Å². The van der Waals surface area contributed by atoms with Crippen LogP contribution in [0.1, 0.15) is 5.76 Å². The summed E-state index contributed by atoms with van der Waals surface area (Å²) in [7, 11) is -1.45. The average Bonchev–Trinajstić information content (AvgIpc) is 3.08. The van der Waals surface area contributed by atoms with E-state index in [9.17, 15) is 13.2 Å². The predicted molar refractivity (Wildman–Crippen MR) is 113 cm³/mol. The van der Waals surface area contributed by atoms with Crippen LogP contribution in [0, 0.1) is 0 Å². The SMILES string of the molecule is Cn1cc(-c2cccc(N)c2)c2oc(CN3CCN(S(C)(=O)=O)CC3)cc2c1=O. The van der Waals surface area contributed by atoms with Gasteiger partial charge in [-0.25, -0.2) is 8.42 Å². The monoisotopic (exact) mass is 416 g/mol. The van der Waals surface area contributed by atoms with Crippen molar-refractivity contribution in [2.75, 3.05) is 38.2 Å². The zero-order chi connectivity index (χ0) is 20.8. The van der Waals surface area contributed by atoms with Crippen LogP contribution in [-0.2, 0) is 23.6 Å². The minimum Gasteiger partial charge on any atom is -0.459 e. The zero-order valence-corrected chi connectivity index (χ0v) is 17.3. The lowest BCUT2D eigenvalue weighted by molar-refractivity contribution is 0.172. The topological polar surface area (TPSA) is 102 Å². The number of nitrogen functional groups attached to an aromatic ring is 1. The molecule has 1 aliphatic rings. The van der Waals surface area contributed by atoms with Crippen molar-refractivity contribution < 1.29 is 12.8 Å². The minimum absolute atomic E-state index is 0.121. The Balaban J connectivity index is 1.65. The first kappa shape index (κ1) is 19.7. The molecule has 1 fully saturated rings. The first-order valence-electron chi connectivity index (χ1n) is 9.38. The van der Waals surface area contributed by atoms with Gasteiger partial charge < -0.3 is 14.7 Å². The van der Waals surface area contributed by atoms with Gasteiger partial charge in [0.2, 0.25) is 10.0 Å². The van der Waals surface area contributed by atoms with Gasteiger partial charge in [-0.1, -0.05) is 12.1 Å². The number of aromatic nitrogens is 1. The molecule has 0 bridgehead atoms. The number of pyridine rings is 1. The number of anilines is 1. The van der Waals surface area contributed by atoms with Crippen LogP contribution in [0.15, 0.2) is 45.7 Å². The van der Waals surface area contributed by atoms with Crippen molar-refractivity contribution in [2.45, 2.75) is 6.54 Å². The third-order valence-corrected chi connectivity index (χ3v) is 6.58. The summed E-state index contributed by atoms with van der Waals surface area (Å²) >= 11 is 0. The third-order valence-electron chi connectivity index (χ3n) is 5.28. The quantitative estimate of drug-likeness (QED) is 0.646. The highest BCUT2D eigenvalue weighted by molar-refractivity contribution is 7.88. The van der Waals surface area contributed by atoms with Crippen molar-refractivity contribution in [1.82, 2.24) is 13.8 Å². The van der Waals surface area contributed by atoms with Crippen LogP contribution in [0.3, 0.4) is 0 Å². The van der Waals surface area contributed by atoms with E-state index >= 15 is 0 Å². The first-order chi connectivity index (χ1) is 13.7. The molecule has 0 spiro atoms. The lowest BCUT2D eigenvalue weighted by atomic mass is 10.1. The molecule has 2 N–H and O–H groups in total. The van der Waals surface area contributed by atoms with E-state index in [-0.39, 0.29) is 5.56 Å². The van der Waals surface area contributed by atoms with E-state index in [2.05, 4.69) is 4.90 Å². The van der Waals surface area contributed by atoms with Gasteiger partial charge in [-0.3, -0.25) is 9.69 Å². The summed E-state index contributed by atoms with van der Waals surface area (Å²) < 4.78 is 32.5. The maximum atomic E-state index is 12.6. The number of benzene rings is 1. The molecule has 1 aliphatic heterocycles. The highest BCUT2D eigenvalue weighted by atomic mass is 32.2. The van der Waals surface area contributed by atoms with Gasteiger partial charge in [0.15, 0.2) is 0 Å². The summed E-state index contributed by atoms with van der Waals surface area (Å²) in [5.41, 5.74) is 8.68. The second-order valence-corrected chi connectivity index (χ2v) is 9.46. The van der Waals surface area contributed by atoms with E-state index in [0.29, 0.717) is 55.1 Å². The molecule has 0 aliphatic carbocycles. The molecule has 0 saturated carbocycles. The largest absolute Gasteiger partial charge is 0.459 e. The Hall–Kier alpha value is -2.62. The Morgan fingerprint density at radius 3 is 2.52 bits per heavy atom. The van der Waals surface area contributed by atoms with E-state index < -0.39 is 10.0 Å². The predicted octanol–water partition coefficient (Wildman–Crippen LogP) is 1.46. The lowest BCUT2D eigenvalue weighted by Gasteiger charge is -2.32. The van der Waals surface area contributed by atoms with Gasteiger partial charge in [-0.15, -0.1) is 0 Å². The Morgan fingerprint density at radius 2 is 1.86 bits per heavy atom. The highest BCUT2D eigenvalue weighted by Crippen LogP contribution is 2.30. The fourth-order valence-corrected chi connectivity index (χ4v) is 4.56. The number of rotatable bonds is 4. The first-order valence-corrected chi connectivity index (χ1v) is 11.2. The van der Waals surface area contributed by atoms with Crippen LogP contribution in [0.4, 0.5) is 5.69 Å². The molecule has 8 nitrogen and oxygen atoms in total. The van der Waals surface area contributed by atoms with Gasteiger partial charge in [-0.2, -0.15) is 4.31 Å². The molecule has 3 aromatic rings. The van der Waals surface area contributed by atoms with Crippen molar-refractivity contribution in [3.63, 3.8) is 0 Å². The highest BCUT2D eigenvalue weighted by Gasteiger charge is 2.24. The number of nitrogens with two attached hydrogens (primary N) is 1. The molecule has 0 amide bonds. The van der Waals surface area contributed by atoms with E-state index in [4.69, 9.17) is 10.2 Å². The van der Waals surface area contributed by atoms with Crippen LogP contribution in [-0.4, -0.2) is 54.6 Å². The summed E-state index contributed by atoms with van der Waals surface area (Å²) in [5, 5.41) is 0.525. The lowest BCUT2D eigenvalue weighted by Crippen LogP contribution is -2.47. The molecule has 0 unspecified atom stereocenters. The average molecular weight is 417 g/mol. The van der Waals surface area contributed by atoms with Crippen LogP contribution >= 0.6 is 0 Å². The number of piperazine rings is 1. The van der Waals surface area contributed by atoms with E-state index in [0.717, 1.165) is 11.1 Å². The van der Waals surface area contributed by atoms with Crippen molar-refractivity contribution in [3.8, 4) is 11.1 Å². The molecular formula is C20H24N4O4S. The normalized spacial score (nSPS) is 16.5. The fourth-order valence-electron chi connectivity index (χ4n) is 3.73. The molecule has 2 aromatic heterocycles. The molecular weight excluding hydrogens is 392 g/mol. The van der Waals surface area contributed by atoms with Crippen molar-refractivity contribution in [2.24, 2.45) is 7.05 Å². The maximum Gasteiger partial charge on any atom is 0.261 e. The Kier molecular flexibility index (Phi) is 4.97. The number of hydrogen-bond donors (Lipinski definition) is 1. The molecule has 9 heteroatoms. The summed E-state index contributed by atoms with van der Waals surface area (Å²) in [6.45, 7) is 2.66. The van der Waals surface area contributed by atoms with Gasteiger partial charge >= 0.3 is 0 Å². The number of furan rings is 1. The summed E-state index contributed by atoms with van der Waals surface area (Å²) in [6, 6.07) is 9.25. The number of sulfonamides is 1. The molecule has 29 heavy (non-hydrogen) atoms. The number of aryl methyl sites for hydroxylation is 1. The Morgan fingerprint density at radius 1 is 1.14 bits per heavy atom. The van der Waals surface area contributed by atoms with Gasteiger partial charge in [0.25, 0.3) is 5.56 Å². The molecule has 3 heterocycles. The minimum atomic E-state index is -3.16. The van der Waals surface area contributed by atoms with Gasteiger partial charge in [0.1, 0.15) is 11.3 Å². The Bertz CT molecular complexity index is 1220. The van der Waals surface area contributed by atoms with Crippen molar-refractivity contribution in [1.29, 1.82) is 0 Å². The zero-order valence-electron chi connectivity index (χ0n) is 16.5. The molecule has 0 radical (unpaired) electrons. The second kappa shape index (κ2) is 7.33. The second-order valence-electron chi connectivity index (χ2n) is 7.48. The maximum absolute atomic E-state index is 12.6. The van der Waals surface area contributed by atoms with Crippen molar-refractivity contribution >= 4 is 26.7 Å². The molecule has 0 atom stereocenters. The van der Waals surface area contributed by atoms with Gasteiger partial charge in [-0.05, 0) is 23.8 Å². The van der Waals surface area contributed by atoms with E-state index in [1.54, 1.807) is 23.9 Å². The van der Waals surface area contributed by atoms with E-state index in [1.807, 2.05) is 24.3 Å².